The average molecular weight is 233 g/mol. The van der Waals surface area contributed by atoms with Gasteiger partial charge in [-0.05, 0) is 31.9 Å². The van der Waals surface area contributed by atoms with Gasteiger partial charge in [-0.15, -0.1) is 0 Å². The minimum absolute atomic E-state index is 0.424. The van der Waals surface area contributed by atoms with Crippen LogP contribution >= 0.6 is 0 Å². The molecule has 3 heteroatoms. The maximum atomic E-state index is 11.7. The second-order valence-corrected chi connectivity index (χ2v) is 4.42. The Labute approximate surface area is 102 Å². The van der Waals surface area contributed by atoms with Gasteiger partial charge < -0.3 is 0 Å². The molecule has 0 aliphatic heterocycles. The SMILES string of the molecule is Cc1cccc(C(=O)OO[C]2CCCCC2)c1. The first-order chi connectivity index (χ1) is 8.25. The Balaban J connectivity index is 1.84. The highest BCUT2D eigenvalue weighted by Gasteiger charge is 2.18. The van der Waals surface area contributed by atoms with Crippen LogP contribution in [-0.2, 0) is 9.78 Å². The minimum Gasteiger partial charge on any atom is -0.292 e. The van der Waals surface area contributed by atoms with E-state index in [0.29, 0.717) is 5.56 Å². The third-order valence-corrected chi connectivity index (χ3v) is 2.90. The number of hydrogen-bond acceptors (Lipinski definition) is 3. The van der Waals surface area contributed by atoms with Crippen molar-refractivity contribution in [3.63, 3.8) is 0 Å². The monoisotopic (exact) mass is 233 g/mol. The van der Waals surface area contributed by atoms with Crippen molar-refractivity contribution in [1.82, 2.24) is 0 Å². The summed E-state index contributed by atoms with van der Waals surface area (Å²) < 4.78 is 0. The van der Waals surface area contributed by atoms with Gasteiger partial charge in [0.2, 0.25) is 0 Å². The lowest BCUT2D eigenvalue weighted by atomic mass is 9.98. The van der Waals surface area contributed by atoms with Crippen molar-refractivity contribution in [2.75, 3.05) is 0 Å². The van der Waals surface area contributed by atoms with E-state index in [4.69, 9.17) is 9.78 Å². The highest BCUT2D eigenvalue weighted by molar-refractivity contribution is 5.89. The Bertz CT molecular complexity index is 381. The standard InChI is InChI=1S/C14H17O3/c1-11-6-5-7-12(10-11)14(15)17-16-13-8-3-2-4-9-13/h5-7,10H,2-4,8-9H2,1H3. The number of carbonyl (C=O) groups is 1. The van der Waals surface area contributed by atoms with Gasteiger partial charge in [0, 0.05) is 0 Å². The zero-order valence-electron chi connectivity index (χ0n) is 10.1. The molecule has 0 N–H and O–H groups in total. The molecule has 1 saturated carbocycles. The lowest BCUT2D eigenvalue weighted by molar-refractivity contribution is -0.239. The van der Waals surface area contributed by atoms with Crippen LogP contribution in [0, 0.1) is 13.0 Å². The Hall–Kier alpha value is -1.35. The van der Waals surface area contributed by atoms with Crippen LogP contribution in [0.25, 0.3) is 0 Å². The Morgan fingerprint density at radius 1 is 1.18 bits per heavy atom. The van der Waals surface area contributed by atoms with Crippen molar-refractivity contribution < 1.29 is 14.6 Å². The van der Waals surface area contributed by atoms with Gasteiger partial charge in [0.05, 0.1) is 5.56 Å². The zero-order chi connectivity index (χ0) is 12.1. The lowest BCUT2D eigenvalue weighted by Gasteiger charge is -2.18. The van der Waals surface area contributed by atoms with Gasteiger partial charge in [-0.3, -0.25) is 4.89 Å². The van der Waals surface area contributed by atoms with Crippen LogP contribution in [0.2, 0.25) is 0 Å². The highest BCUT2D eigenvalue weighted by Crippen LogP contribution is 2.26. The van der Waals surface area contributed by atoms with Gasteiger partial charge in [0.15, 0.2) is 0 Å². The Morgan fingerprint density at radius 2 is 1.94 bits per heavy atom. The van der Waals surface area contributed by atoms with E-state index in [9.17, 15) is 4.79 Å². The third-order valence-electron chi connectivity index (χ3n) is 2.90. The van der Waals surface area contributed by atoms with Crippen LogP contribution < -0.4 is 0 Å². The fourth-order valence-electron chi connectivity index (χ4n) is 1.95. The maximum absolute atomic E-state index is 11.7. The molecule has 0 unspecified atom stereocenters. The quantitative estimate of drug-likeness (QED) is 0.591. The summed E-state index contributed by atoms with van der Waals surface area (Å²) in [6.07, 6.45) is 6.17. The molecule has 0 saturated heterocycles. The third kappa shape index (κ3) is 3.56. The molecule has 0 aromatic heterocycles. The van der Waals surface area contributed by atoms with Crippen molar-refractivity contribution in [1.29, 1.82) is 0 Å². The van der Waals surface area contributed by atoms with E-state index in [0.717, 1.165) is 37.4 Å². The van der Waals surface area contributed by atoms with E-state index in [1.165, 1.54) is 6.42 Å². The predicted molar refractivity (Wildman–Crippen MR) is 64.0 cm³/mol. The minimum atomic E-state index is -0.424. The smallest absolute Gasteiger partial charge is 0.292 e. The summed E-state index contributed by atoms with van der Waals surface area (Å²) in [5.41, 5.74) is 1.56. The average Bonchev–Trinajstić information content (AvgIpc) is 2.37. The van der Waals surface area contributed by atoms with Crippen LogP contribution in [0.15, 0.2) is 24.3 Å². The van der Waals surface area contributed by atoms with Crippen LogP contribution in [-0.4, -0.2) is 5.97 Å². The summed E-state index contributed by atoms with van der Waals surface area (Å²) >= 11 is 0. The van der Waals surface area contributed by atoms with Gasteiger partial charge >= 0.3 is 5.97 Å². The van der Waals surface area contributed by atoms with E-state index in [-0.39, 0.29) is 0 Å². The topological polar surface area (TPSA) is 35.5 Å². The first kappa shape index (κ1) is 12.1. The largest absolute Gasteiger partial charge is 0.373 e. The lowest BCUT2D eigenvalue weighted by Crippen LogP contribution is -2.13. The maximum Gasteiger partial charge on any atom is 0.373 e. The first-order valence-electron chi connectivity index (χ1n) is 6.06. The molecule has 0 amide bonds. The molecule has 17 heavy (non-hydrogen) atoms. The molecule has 0 bridgehead atoms. The molecule has 91 valence electrons. The van der Waals surface area contributed by atoms with Crippen LogP contribution in [0.1, 0.15) is 48.0 Å². The van der Waals surface area contributed by atoms with Crippen molar-refractivity contribution in [3.05, 3.63) is 41.5 Å². The molecule has 1 aromatic rings. The summed E-state index contributed by atoms with van der Waals surface area (Å²) in [4.78, 5) is 21.6. The summed E-state index contributed by atoms with van der Waals surface area (Å²) in [5.74, 6) is -0.424. The molecule has 1 aliphatic rings. The molecule has 1 radical (unpaired) electrons. The summed E-state index contributed by atoms with van der Waals surface area (Å²) in [5, 5.41) is 0. The van der Waals surface area contributed by atoms with E-state index in [1.807, 2.05) is 19.1 Å². The van der Waals surface area contributed by atoms with Crippen LogP contribution in [0.4, 0.5) is 0 Å². The Morgan fingerprint density at radius 3 is 2.65 bits per heavy atom. The molecule has 3 nitrogen and oxygen atoms in total. The fourth-order valence-corrected chi connectivity index (χ4v) is 1.95. The molecular weight excluding hydrogens is 216 g/mol. The predicted octanol–water partition coefficient (Wildman–Crippen LogP) is 3.58. The van der Waals surface area contributed by atoms with Gasteiger partial charge in [-0.25, -0.2) is 4.79 Å². The Kier molecular flexibility index (Phi) is 4.15. The van der Waals surface area contributed by atoms with Crippen molar-refractivity contribution in [2.45, 2.75) is 39.0 Å². The highest BCUT2D eigenvalue weighted by atomic mass is 17.2. The molecule has 1 fully saturated rings. The van der Waals surface area contributed by atoms with Gasteiger partial charge in [0.1, 0.15) is 6.10 Å². The molecule has 1 aliphatic carbocycles. The van der Waals surface area contributed by atoms with E-state index >= 15 is 0 Å². The van der Waals surface area contributed by atoms with Gasteiger partial charge in [-0.2, -0.15) is 4.89 Å². The van der Waals surface area contributed by atoms with Gasteiger partial charge in [0.25, 0.3) is 0 Å². The summed E-state index contributed by atoms with van der Waals surface area (Å²) in [6, 6.07) is 7.29. The summed E-state index contributed by atoms with van der Waals surface area (Å²) in [7, 11) is 0. The van der Waals surface area contributed by atoms with Crippen molar-refractivity contribution in [2.24, 2.45) is 0 Å². The molecular formula is C14H17O3. The number of rotatable bonds is 3. The number of aryl methyl sites for hydroxylation is 1. The molecule has 1 aromatic carbocycles. The van der Waals surface area contributed by atoms with Crippen molar-refractivity contribution >= 4 is 5.97 Å². The summed E-state index contributed by atoms with van der Waals surface area (Å²) in [6.45, 7) is 1.94. The molecule has 0 heterocycles. The number of benzene rings is 1. The van der Waals surface area contributed by atoms with Gasteiger partial charge in [-0.1, -0.05) is 37.0 Å². The molecule has 0 spiro atoms. The van der Waals surface area contributed by atoms with E-state index in [2.05, 4.69) is 0 Å². The normalized spacial score (nSPS) is 16.8. The number of hydrogen-bond donors (Lipinski definition) is 0. The fraction of sp³-hybridized carbons (Fsp3) is 0.429. The van der Waals surface area contributed by atoms with E-state index < -0.39 is 5.97 Å². The molecule has 0 atom stereocenters. The van der Waals surface area contributed by atoms with E-state index in [1.54, 1.807) is 12.1 Å². The van der Waals surface area contributed by atoms with Crippen LogP contribution in [0.5, 0.6) is 0 Å². The van der Waals surface area contributed by atoms with Crippen LogP contribution in [0.3, 0.4) is 0 Å². The second kappa shape index (κ2) is 5.82. The first-order valence-corrected chi connectivity index (χ1v) is 6.06. The second-order valence-electron chi connectivity index (χ2n) is 4.42. The zero-order valence-corrected chi connectivity index (χ0v) is 10.1. The number of carbonyl (C=O) groups excluding carboxylic acids is 1. The molecule has 2 rings (SSSR count). The van der Waals surface area contributed by atoms with Crippen molar-refractivity contribution in [3.8, 4) is 0 Å².